The number of nitrogens with two attached hydrogens (primary N) is 1. The molecule has 0 aromatic heterocycles. The number of ether oxygens (including phenoxy) is 1. The van der Waals surface area contributed by atoms with Gasteiger partial charge in [0.15, 0.2) is 0 Å². The molecule has 2 N–H and O–H groups in total. The largest absolute Gasteiger partial charge is 0.380 e. The van der Waals surface area contributed by atoms with Crippen molar-refractivity contribution >= 4 is 0 Å². The molecule has 0 saturated carbocycles. The number of aryl methyl sites for hydroxylation is 1. The fraction of sp³-hybridized carbons (Fsp3) is 0.571. The van der Waals surface area contributed by atoms with Crippen LogP contribution in [0.5, 0.6) is 0 Å². The predicted molar refractivity (Wildman–Crippen MR) is 69.9 cm³/mol. The fourth-order valence-electron chi connectivity index (χ4n) is 2.79. The smallest absolute Gasteiger partial charge is 0.0575 e. The van der Waals surface area contributed by atoms with Crippen LogP contribution in [-0.2, 0) is 4.74 Å². The molecule has 1 aromatic rings. The van der Waals surface area contributed by atoms with Crippen LogP contribution >= 0.6 is 0 Å². The highest BCUT2D eigenvalue weighted by molar-refractivity contribution is 5.27. The first kappa shape index (κ1) is 12.6. The molecule has 3 heteroatoms. The number of rotatable bonds is 4. The molecule has 1 aromatic carbocycles. The maximum atomic E-state index is 5.98. The van der Waals surface area contributed by atoms with Crippen molar-refractivity contribution < 1.29 is 4.74 Å². The lowest BCUT2D eigenvalue weighted by Gasteiger charge is -2.49. The molecule has 1 saturated heterocycles. The molecular formula is C14H22N2O. The fourth-order valence-corrected chi connectivity index (χ4v) is 2.79. The Labute approximate surface area is 104 Å². The first-order valence-corrected chi connectivity index (χ1v) is 6.10. The summed E-state index contributed by atoms with van der Waals surface area (Å²) in [5.41, 5.74) is 8.69. The third-order valence-corrected chi connectivity index (χ3v) is 3.64. The van der Waals surface area contributed by atoms with E-state index in [2.05, 4.69) is 50.2 Å². The van der Waals surface area contributed by atoms with Gasteiger partial charge < -0.3 is 15.4 Å². The summed E-state index contributed by atoms with van der Waals surface area (Å²) in [6.07, 6.45) is 0. The van der Waals surface area contributed by atoms with Crippen molar-refractivity contribution in [3.63, 3.8) is 0 Å². The third kappa shape index (κ3) is 2.23. The van der Waals surface area contributed by atoms with E-state index in [-0.39, 0.29) is 5.41 Å². The SMILES string of the molecule is Cc1cccc(C(N(C)C)C2(CN)COC2)c1. The Hall–Kier alpha value is -0.900. The average molecular weight is 234 g/mol. The molecule has 1 fully saturated rings. The molecule has 17 heavy (non-hydrogen) atoms. The maximum absolute atomic E-state index is 5.98. The summed E-state index contributed by atoms with van der Waals surface area (Å²) in [6, 6.07) is 9.02. The first-order chi connectivity index (χ1) is 8.09. The molecular weight excluding hydrogens is 212 g/mol. The quantitative estimate of drug-likeness (QED) is 0.859. The number of hydrogen-bond donors (Lipinski definition) is 1. The maximum Gasteiger partial charge on any atom is 0.0575 e. The van der Waals surface area contributed by atoms with Crippen LogP contribution in [0.15, 0.2) is 24.3 Å². The van der Waals surface area contributed by atoms with Gasteiger partial charge in [-0.2, -0.15) is 0 Å². The van der Waals surface area contributed by atoms with Gasteiger partial charge in [-0.05, 0) is 26.6 Å². The normalized spacial score (nSPS) is 20.1. The number of nitrogens with zero attached hydrogens (tertiary/aromatic N) is 1. The minimum atomic E-state index is 0.0806. The van der Waals surface area contributed by atoms with Crippen molar-refractivity contribution in [2.45, 2.75) is 13.0 Å². The van der Waals surface area contributed by atoms with E-state index >= 15 is 0 Å². The lowest BCUT2D eigenvalue weighted by molar-refractivity contribution is -0.145. The van der Waals surface area contributed by atoms with Crippen molar-refractivity contribution in [2.24, 2.45) is 11.1 Å². The van der Waals surface area contributed by atoms with E-state index in [0.717, 1.165) is 13.2 Å². The van der Waals surface area contributed by atoms with Crippen molar-refractivity contribution in [1.29, 1.82) is 0 Å². The van der Waals surface area contributed by atoms with Gasteiger partial charge in [0.1, 0.15) is 0 Å². The van der Waals surface area contributed by atoms with E-state index in [9.17, 15) is 0 Å². The van der Waals surface area contributed by atoms with Crippen LogP contribution in [0.4, 0.5) is 0 Å². The second-order valence-corrected chi connectivity index (χ2v) is 5.34. The highest BCUT2D eigenvalue weighted by atomic mass is 16.5. The summed E-state index contributed by atoms with van der Waals surface area (Å²) in [7, 11) is 4.23. The highest BCUT2D eigenvalue weighted by Gasteiger charge is 2.46. The molecule has 0 aliphatic carbocycles. The first-order valence-electron chi connectivity index (χ1n) is 6.10. The number of benzene rings is 1. The van der Waals surface area contributed by atoms with Crippen molar-refractivity contribution in [2.75, 3.05) is 33.9 Å². The highest BCUT2D eigenvalue weighted by Crippen LogP contribution is 2.42. The van der Waals surface area contributed by atoms with Crippen LogP contribution < -0.4 is 5.73 Å². The van der Waals surface area contributed by atoms with E-state index in [4.69, 9.17) is 10.5 Å². The van der Waals surface area contributed by atoms with E-state index in [1.54, 1.807) is 0 Å². The van der Waals surface area contributed by atoms with Crippen LogP contribution in [0, 0.1) is 12.3 Å². The summed E-state index contributed by atoms with van der Waals surface area (Å²) in [6.45, 7) is 4.33. The van der Waals surface area contributed by atoms with Gasteiger partial charge in [-0.15, -0.1) is 0 Å². The molecule has 2 rings (SSSR count). The van der Waals surface area contributed by atoms with Gasteiger partial charge in [-0.1, -0.05) is 29.8 Å². The van der Waals surface area contributed by atoms with Gasteiger partial charge in [-0.3, -0.25) is 0 Å². The summed E-state index contributed by atoms with van der Waals surface area (Å²) in [5, 5.41) is 0. The van der Waals surface area contributed by atoms with Crippen LogP contribution in [0.3, 0.4) is 0 Å². The molecule has 1 unspecified atom stereocenters. The van der Waals surface area contributed by atoms with E-state index in [0.29, 0.717) is 12.6 Å². The second kappa shape index (κ2) is 4.77. The third-order valence-electron chi connectivity index (χ3n) is 3.64. The van der Waals surface area contributed by atoms with Gasteiger partial charge in [-0.25, -0.2) is 0 Å². The van der Waals surface area contributed by atoms with E-state index < -0.39 is 0 Å². The van der Waals surface area contributed by atoms with Crippen LogP contribution in [0.25, 0.3) is 0 Å². The van der Waals surface area contributed by atoms with Crippen molar-refractivity contribution in [3.05, 3.63) is 35.4 Å². The Balaban J connectivity index is 2.35. The van der Waals surface area contributed by atoms with E-state index in [1.807, 2.05) is 0 Å². The molecule has 0 bridgehead atoms. The van der Waals surface area contributed by atoms with Gasteiger partial charge in [0.25, 0.3) is 0 Å². The average Bonchev–Trinajstić information content (AvgIpc) is 2.22. The molecule has 94 valence electrons. The summed E-state index contributed by atoms with van der Waals surface area (Å²) in [4.78, 5) is 2.25. The van der Waals surface area contributed by atoms with Crippen LogP contribution in [0.2, 0.25) is 0 Å². The Kier molecular flexibility index (Phi) is 3.52. The van der Waals surface area contributed by atoms with E-state index in [1.165, 1.54) is 11.1 Å². The minimum absolute atomic E-state index is 0.0806. The molecule has 0 radical (unpaired) electrons. The topological polar surface area (TPSA) is 38.5 Å². The zero-order valence-corrected chi connectivity index (χ0v) is 10.9. The molecule has 1 atom stereocenters. The summed E-state index contributed by atoms with van der Waals surface area (Å²) in [5.74, 6) is 0. The van der Waals surface area contributed by atoms with Gasteiger partial charge in [0.2, 0.25) is 0 Å². The molecule has 0 spiro atoms. The van der Waals surface area contributed by atoms with Crippen molar-refractivity contribution in [1.82, 2.24) is 4.90 Å². The zero-order chi connectivity index (χ0) is 12.5. The van der Waals surface area contributed by atoms with Gasteiger partial charge >= 0.3 is 0 Å². The molecule has 1 aliphatic heterocycles. The standard InChI is InChI=1S/C14H22N2O/c1-11-5-4-6-12(7-11)13(16(2)3)14(8-15)9-17-10-14/h4-7,13H,8-10,15H2,1-3H3. The lowest BCUT2D eigenvalue weighted by atomic mass is 9.74. The number of hydrogen-bond acceptors (Lipinski definition) is 3. The Bertz CT molecular complexity index is 380. The molecule has 3 nitrogen and oxygen atoms in total. The Morgan fingerprint density at radius 3 is 2.53 bits per heavy atom. The minimum Gasteiger partial charge on any atom is -0.380 e. The lowest BCUT2D eigenvalue weighted by Crippen LogP contribution is -2.55. The summed E-state index contributed by atoms with van der Waals surface area (Å²) < 4.78 is 5.41. The monoisotopic (exact) mass is 234 g/mol. The van der Waals surface area contributed by atoms with Crippen LogP contribution in [-0.4, -0.2) is 38.8 Å². The van der Waals surface area contributed by atoms with Gasteiger partial charge in [0, 0.05) is 18.0 Å². The molecule has 1 heterocycles. The van der Waals surface area contributed by atoms with Crippen molar-refractivity contribution in [3.8, 4) is 0 Å². The van der Waals surface area contributed by atoms with Crippen LogP contribution in [0.1, 0.15) is 17.2 Å². The molecule has 1 aliphatic rings. The van der Waals surface area contributed by atoms with Gasteiger partial charge in [0.05, 0.1) is 13.2 Å². The molecule has 0 amide bonds. The Morgan fingerprint density at radius 2 is 2.12 bits per heavy atom. The zero-order valence-electron chi connectivity index (χ0n) is 10.9. The summed E-state index contributed by atoms with van der Waals surface area (Å²) >= 11 is 0. The predicted octanol–water partition coefficient (Wildman–Crippen LogP) is 1.57. The second-order valence-electron chi connectivity index (χ2n) is 5.34. The Morgan fingerprint density at radius 1 is 1.41 bits per heavy atom.